The number of aryl methyl sites for hydroxylation is 1. The molecule has 1 aromatic carbocycles. The molecule has 0 radical (unpaired) electrons. The maximum absolute atomic E-state index is 12.5. The molecule has 3 rings (SSSR count). The van der Waals surface area contributed by atoms with Gasteiger partial charge in [0.15, 0.2) is 0 Å². The monoisotopic (exact) mass is 316 g/mol. The van der Waals surface area contributed by atoms with Crippen LogP contribution in [0.4, 0.5) is 5.13 Å². The van der Waals surface area contributed by atoms with E-state index in [0.717, 1.165) is 37.4 Å². The third-order valence-corrected chi connectivity index (χ3v) is 4.88. The molecular formula is C16H20N4OS. The maximum atomic E-state index is 12.5. The highest BCUT2D eigenvalue weighted by Crippen LogP contribution is 2.22. The molecule has 2 aromatic rings. The van der Waals surface area contributed by atoms with Gasteiger partial charge in [0.1, 0.15) is 5.01 Å². The topological polar surface area (TPSA) is 58.1 Å². The summed E-state index contributed by atoms with van der Waals surface area (Å²) in [5, 5.41) is 12.5. The van der Waals surface area contributed by atoms with Crippen LogP contribution in [-0.2, 0) is 17.8 Å². The summed E-state index contributed by atoms with van der Waals surface area (Å²) in [7, 11) is 0. The summed E-state index contributed by atoms with van der Waals surface area (Å²) >= 11 is 1.45. The van der Waals surface area contributed by atoms with Crippen molar-refractivity contribution in [1.82, 2.24) is 15.1 Å². The first-order valence-corrected chi connectivity index (χ1v) is 8.49. The molecule has 1 atom stereocenters. The Morgan fingerprint density at radius 2 is 2.18 bits per heavy atom. The number of carbonyl (C=O) groups excluding carboxylic acids is 1. The number of hydrogen-bond donors (Lipinski definition) is 1. The van der Waals surface area contributed by atoms with Crippen molar-refractivity contribution in [3.05, 3.63) is 40.9 Å². The van der Waals surface area contributed by atoms with E-state index in [4.69, 9.17) is 0 Å². The third-order valence-electron chi connectivity index (χ3n) is 3.89. The second kappa shape index (κ2) is 6.98. The van der Waals surface area contributed by atoms with E-state index < -0.39 is 0 Å². The van der Waals surface area contributed by atoms with E-state index in [2.05, 4.69) is 32.5 Å². The SMILES string of the molecule is CCc1nnc(NC(=O)C2CCCN2Cc2ccccc2)s1. The first-order chi connectivity index (χ1) is 10.8. The molecule has 0 saturated carbocycles. The minimum Gasteiger partial charge on any atom is -0.299 e. The molecule has 6 heteroatoms. The van der Waals surface area contributed by atoms with Crippen LogP contribution in [0.2, 0.25) is 0 Å². The zero-order chi connectivity index (χ0) is 15.4. The average molecular weight is 316 g/mol. The fourth-order valence-electron chi connectivity index (χ4n) is 2.77. The summed E-state index contributed by atoms with van der Waals surface area (Å²) in [6.07, 6.45) is 2.80. The molecule has 1 saturated heterocycles. The number of likely N-dealkylation sites (tertiary alicyclic amines) is 1. The molecule has 22 heavy (non-hydrogen) atoms. The van der Waals surface area contributed by atoms with Gasteiger partial charge in [-0.15, -0.1) is 10.2 Å². The van der Waals surface area contributed by atoms with Crippen molar-refractivity contribution in [2.45, 2.75) is 38.8 Å². The van der Waals surface area contributed by atoms with Gasteiger partial charge in [-0.3, -0.25) is 15.0 Å². The first kappa shape index (κ1) is 15.1. The number of benzene rings is 1. The van der Waals surface area contributed by atoms with E-state index in [1.54, 1.807) is 0 Å². The van der Waals surface area contributed by atoms with Crippen molar-refractivity contribution in [2.24, 2.45) is 0 Å². The van der Waals surface area contributed by atoms with Gasteiger partial charge in [0.25, 0.3) is 0 Å². The zero-order valence-electron chi connectivity index (χ0n) is 12.7. The Kier molecular flexibility index (Phi) is 4.80. The standard InChI is InChI=1S/C16H20N4OS/c1-2-14-18-19-16(22-14)17-15(21)13-9-6-10-20(13)11-12-7-4-3-5-8-12/h3-5,7-8,13H,2,6,9-11H2,1H3,(H,17,19,21). The van der Waals surface area contributed by atoms with Crippen LogP contribution in [0.3, 0.4) is 0 Å². The summed E-state index contributed by atoms with van der Waals surface area (Å²) in [4.78, 5) is 14.7. The van der Waals surface area contributed by atoms with Gasteiger partial charge in [-0.25, -0.2) is 0 Å². The van der Waals surface area contributed by atoms with Gasteiger partial charge in [0, 0.05) is 6.54 Å². The Morgan fingerprint density at radius 1 is 1.36 bits per heavy atom. The molecule has 1 amide bonds. The van der Waals surface area contributed by atoms with Crippen LogP contribution in [0.15, 0.2) is 30.3 Å². The van der Waals surface area contributed by atoms with Crippen LogP contribution in [0.5, 0.6) is 0 Å². The fourth-order valence-corrected chi connectivity index (χ4v) is 3.45. The van der Waals surface area contributed by atoms with E-state index in [-0.39, 0.29) is 11.9 Å². The van der Waals surface area contributed by atoms with Crippen molar-refractivity contribution in [1.29, 1.82) is 0 Å². The Bertz CT molecular complexity index is 628. The average Bonchev–Trinajstić information content (AvgIpc) is 3.17. The number of carbonyl (C=O) groups is 1. The molecular weight excluding hydrogens is 296 g/mol. The maximum Gasteiger partial charge on any atom is 0.243 e. The molecule has 116 valence electrons. The van der Waals surface area contributed by atoms with E-state index >= 15 is 0 Å². The van der Waals surface area contributed by atoms with Gasteiger partial charge in [-0.2, -0.15) is 0 Å². The van der Waals surface area contributed by atoms with Gasteiger partial charge >= 0.3 is 0 Å². The highest BCUT2D eigenvalue weighted by molar-refractivity contribution is 7.15. The summed E-state index contributed by atoms with van der Waals surface area (Å²) in [5.41, 5.74) is 1.24. The largest absolute Gasteiger partial charge is 0.299 e. The van der Waals surface area contributed by atoms with Crippen LogP contribution in [0.25, 0.3) is 0 Å². The van der Waals surface area contributed by atoms with Crippen molar-refractivity contribution in [3.63, 3.8) is 0 Å². The molecule has 2 heterocycles. The quantitative estimate of drug-likeness (QED) is 0.921. The molecule has 1 aromatic heterocycles. The van der Waals surface area contributed by atoms with Crippen LogP contribution in [0, 0.1) is 0 Å². The summed E-state index contributed by atoms with van der Waals surface area (Å²) < 4.78 is 0. The number of aromatic nitrogens is 2. The Morgan fingerprint density at radius 3 is 2.91 bits per heavy atom. The molecule has 1 unspecified atom stereocenters. The van der Waals surface area contributed by atoms with Gasteiger partial charge in [0.2, 0.25) is 11.0 Å². The van der Waals surface area contributed by atoms with Crippen molar-refractivity contribution < 1.29 is 4.79 Å². The Labute approximate surface area is 134 Å². The second-order valence-electron chi connectivity index (χ2n) is 5.46. The van der Waals surface area contributed by atoms with Crippen LogP contribution >= 0.6 is 11.3 Å². The molecule has 1 N–H and O–H groups in total. The highest BCUT2D eigenvalue weighted by Gasteiger charge is 2.31. The molecule has 1 aliphatic heterocycles. The number of hydrogen-bond acceptors (Lipinski definition) is 5. The van der Waals surface area contributed by atoms with Crippen molar-refractivity contribution in [2.75, 3.05) is 11.9 Å². The lowest BCUT2D eigenvalue weighted by atomic mass is 10.1. The summed E-state index contributed by atoms with van der Waals surface area (Å²) in [6, 6.07) is 10.2. The van der Waals surface area contributed by atoms with Crippen LogP contribution in [0.1, 0.15) is 30.3 Å². The predicted molar refractivity (Wildman–Crippen MR) is 87.8 cm³/mol. The van der Waals surface area contributed by atoms with Gasteiger partial charge in [0.05, 0.1) is 6.04 Å². The van der Waals surface area contributed by atoms with E-state index in [9.17, 15) is 4.79 Å². The minimum absolute atomic E-state index is 0.0345. The van der Waals surface area contributed by atoms with Gasteiger partial charge in [-0.1, -0.05) is 48.6 Å². The molecule has 0 bridgehead atoms. The molecule has 0 spiro atoms. The Hall–Kier alpha value is -1.79. The van der Waals surface area contributed by atoms with E-state index in [1.165, 1.54) is 16.9 Å². The number of nitrogens with zero attached hydrogens (tertiary/aromatic N) is 3. The third kappa shape index (κ3) is 3.51. The van der Waals surface area contributed by atoms with Gasteiger partial charge < -0.3 is 0 Å². The highest BCUT2D eigenvalue weighted by atomic mass is 32.1. The summed E-state index contributed by atoms with van der Waals surface area (Å²) in [6.45, 7) is 3.81. The second-order valence-corrected chi connectivity index (χ2v) is 6.52. The summed E-state index contributed by atoms with van der Waals surface area (Å²) in [5.74, 6) is 0.0345. The van der Waals surface area contributed by atoms with E-state index in [1.807, 2.05) is 25.1 Å². The van der Waals surface area contributed by atoms with Crippen LogP contribution in [-0.4, -0.2) is 33.6 Å². The zero-order valence-corrected chi connectivity index (χ0v) is 13.5. The normalized spacial score (nSPS) is 18.5. The molecule has 0 aliphatic carbocycles. The van der Waals surface area contributed by atoms with Gasteiger partial charge in [-0.05, 0) is 31.4 Å². The molecule has 1 aliphatic rings. The predicted octanol–water partition coefficient (Wildman–Crippen LogP) is 2.70. The number of nitrogens with one attached hydrogen (secondary N) is 1. The Balaban J connectivity index is 1.63. The number of rotatable bonds is 5. The molecule has 1 fully saturated rings. The molecule has 5 nitrogen and oxygen atoms in total. The lowest BCUT2D eigenvalue weighted by Gasteiger charge is -2.23. The minimum atomic E-state index is -0.0748. The lowest BCUT2D eigenvalue weighted by Crippen LogP contribution is -2.39. The first-order valence-electron chi connectivity index (χ1n) is 7.67. The van der Waals surface area contributed by atoms with Crippen molar-refractivity contribution >= 4 is 22.4 Å². The van der Waals surface area contributed by atoms with Crippen LogP contribution < -0.4 is 5.32 Å². The van der Waals surface area contributed by atoms with E-state index in [0.29, 0.717) is 5.13 Å². The number of amides is 1. The van der Waals surface area contributed by atoms with Crippen molar-refractivity contribution in [3.8, 4) is 0 Å². The number of anilines is 1. The lowest BCUT2D eigenvalue weighted by molar-refractivity contribution is -0.120. The smallest absolute Gasteiger partial charge is 0.243 e. The fraction of sp³-hybridized carbons (Fsp3) is 0.438.